The Morgan fingerprint density at radius 1 is 1.43 bits per heavy atom. The highest BCUT2D eigenvalue weighted by Crippen LogP contribution is 2.29. The minimum atomic E-state index is -4.36. The maximum absolute atomic E-state index is 12.4. The zero-order chi connectivity index (χ0) is 15.7. The van der Waals surface area contributed by atoms with Gasteiger partial charge in [-0.2, -0.15) is 24.9 Å². The van der Waals surface area contributed by atoms with E-state index in [1.165, 1.54) is 0 Å². The van der Waals surface area contributed by atoms with Crippen molar-refractivity contribution in [1.82, 2.24) is 15.6 Å². The Morgan fingerprint density at radius 3 is 2.76 bits per heavy atom. The summed E-state index contributed by atoms with van der Waals surface area (Å²) in [5.41, 5.74) is -0.817. The fourth-order valence-corrected chi connectivity index (χ4v) is 2.51. The molecule has 0 atom stereocenters. The molecule has 0 unspecified atom stereocenters. The lowest BCUT2D eigenvalue weighted by Crippen LogP contribution is -2.38. The Kier molecular flexibility index (Phi) is 7.87. The third-order valence-electron chi connectivity index (χ3n) is 2.38. The Balaban J connectivity index is 2.43. The number of alkyl halides is 3. The van der Waals surface area contributed by atoms with Crippen LogP contribution >= 0.6 is 23.1 Å². The summed E-state index contributed by atoms with van der Waals surface area (Å²) in [6.45, 7) is 3.89. The number of aliphatic imine (C=N–C) groups is 1. The normalized spacial score (nSPS) is 12.5. The first kappa shape index (κ1) is 18.1. The molecule has 0 bridgehead atoms. The van der Waals surface area contributed by atoms with Crippen LogP contribution in [0.3, 0.4) is 0 Å². The van der Waals surface area contributed by atoms with Crippen LogP contribution in [0.15, 0.2) is 10.4 Å². The van der Waals surface area contributed by atoms with Crippen LogP contribution in [-0.4, -0.2) is 42.6 Å². The largest absolute Gasteiger partial charge is 0.434 e. The molecule has 0 saturated heterocycles. The topological polar surface area (TPSA) is 49.3 Å². The fourth-order valence-electron chi connectivity index (χ4n) is 1.43. The molecule has 0 saturated carbocycles. The summed E-state index contributed by atoms with van der Waals surface area (Å²) in [6.07, 6.45) is -1.92. The van der Waals surface area contributed by atoms with E-state index in [9.17, 15) is 13.2 Å². The number of rotatable bonds is 7. The highest BCUT2D eigenvalue weighted by molar-refractivity contribution is 7.98. The lowest BCUT2D eigenvalue weighted by atomic mass is 10.4. The van der Waals surface area contributed by atoms with Crippen molar-refractivity contribution in [3.8, 4) is 0 Å². The van der Waals surface area contributed by atoms with Crippen LogP contribution in [0.2, 0.25) is 0 Å². The Morgan fingerprint density at radius 2 is 2.19 bits per heavy atom. The van der Waals surface area contributed by atoms with Crippen molar-refractivity contribution < 1.29 is 13.2 Å². The van der Waals surface area contributed by atoms with Gasteiger partial charge < -0.3 is 10.6 Å². The average Bonchev–Trinajstić information content (AvgIpc) is 2.88. The minimum Gasteiger partial charge on any atom is -0.357 e. The molecule has 0 aliphatic rings. The summed E-state index contributed by atoms with van der Waals surface area (Å²) in [7, 11) is 0. The molecule has 0 spiro atoms. The number of hydrogen-bond acceptors (Lipinski definition) is 4. The highest BCUT2D eigenvalue weighted by atomic mass is 32.2. The molecular weight excluding hydrogens is 321 g/mol. The molecule has 1 heterocycles. The lowest BCUT2D eigenvalue weighted by molar-refractivity contribution is -0.140. The zero-order valence-corrected chi connectivity index (χ0v) is 13.6. The van der Waals surface area contributed by atoms with E-state index in [2.05, 4.69) is 20.6 Å². The third-order valence-corrected chi connectivity index (χ3v) is 3.88. The fraction of sp³-hybridized carbons (Fsp3) is 0.667. The van der Waals surface area contributed by atoms with Crippen molar-refractivity contribution in [3.63, 3.8) is 0 Å². The predicted molar refractivity (Wildman–Crippen MR) is 83.2 cm³/mol. The molecule has 9 heteroatoms. The molecule has 0 amide bonds. The van der Waals surface area contributed by atoms with E-state index in [4.69, 9.17) is 0 Å². The van der Waals surface area contributed by atoms with Gasteiger partial charge in [-0.15, -0.1) is 11.3 Å². The van der Waals surface area contributed by atoms with Gasteiger partial charge in [0.25, 0.3) is 0 Å². The van der Waals surface area contributed by atoms with Crippen LogP contribution < -0.4 is 10.6 Å². The first-order valence-corrected chi connectivity index (χ1v) is 8.77. The number of nitrogens with zero attached hydrogens (tertiary/aromatic N) is 2. The second-order valence-corrected chi connectivity index (χ2v) is 5.98. The third kappa shape index (κ3) is 7.03. The van der Waals surface area contributed by atoms with Crippen LogP contribution in [0.1, 0.15) is 17.6 Å². The van der Waals surface area contributed by atoms with Gasteiger partial charge in [0.1, 0.15) is 0 Å². The first-order chi connectivity index (χ1) is 9.97. The quantitative estimate of drug-likeness (QED) is 0.455. The minimum absolute atomic E-state index is 0.438. The summed E-state index contributed by atoms with van der Waals surface area (Å²) < 4.78 is 37.3. The molecule has 0 aromatic carbocycles. The van der Waals surface area contributed by atoms with E-state index in [-0.39, 0.29) is 0 Å². The number of thioether (sulfide) groups is 1. The highest BCUT2D eigenvalue weighted by Gasteiger charge is 2.33. The molecule has 0 fully saturated rings. The smallest absolute Gasteiger partial charge is 0.357 e. The zero-order valence-electron chi connectivity index (χ0n) is 12.0. The van der Waals surface area contributed by atoms with Crippen LogP contribution in [0.25, 0.3) is 0 Å². The van der Waals surface area contributed by atoms with Gasteiger partial charge in [0, 0.05) is 30.6 Å². The van der Waals surface area contributed by atoms with E-state index < -0.39 is 11.9 Å². The second-order valence-electron chi connectivity index (χ2n) is 4.05. The van der Waals surface area contributed by atoms with Gasteiger partial charge in [-0.25, -0.2) is 4.98 Å². The van der Waals surface area contributed by atoms with Crippen molar-refractivity contribution in [2.24, 2.45) is 4.99 Å². The Hall–Kier alpha value is -0.960. The number of aromatic nitrogens is 1. The van der Waals surface area contributed by atoms with Crippen molar-refractivity contribution in [2.45, 2.75) is 19.5 Å². The summed E-state index contributed by atoms with van der Waals surface area (Å²) in [6, 6.07) is 0. The molecule has 0 radical (unpaired) electrons. The molecule has 120 valence electrons. The molecule has 21 heavy (non-hydrogen) atoms. The maximum atomic E-state index is 12.4. The number of hydrogen-bond donors (Lipinski definition) is 2. The van der Waals surface area contributed by atoms with E-state index in [0.29, 0.717) is 30.5 Å². The van der Waals surface area contributed by atoms with E-state index in [1.54, 1.807) is 11.8 Å². The van der Waals surface area contributed by atoms with Gasteiger partial charge in [0.15, 0.2) is 11.7 Å². The van der Waals surface area contributed by atoms with Gasteiger partial charge in [0.2, 0.25) is 0 Å². The van der Waals surface area contributed by atoms with E-state index >= 15 is 0 Å². The molecule has 0 aliphatic carbocycles. The van der Waals surface area contributed by atoms with Crippen molar-refractivity contribution in [1.29, 1.82) is 0 Å². The number of halogens is 3. The molecule has 1 aromatic rings. The first-order valence-electron chi connectivity index (χ1n) is 6.50. The van der Waals surface area contributed by atoms with Crippen LogP contribution in [-0.2, 0) is 12.6 Å². The number of thiazole rings is 1. The van der Waals surface area contributed by atoms with Gasteiger partial charge in [0.05, 0.1) is 11.6 Å². The summed E-state index contributed by atoms with van der Waals surface area (Å²) >= 11 is 2.74. The molecule has 1 rings (SSSR count). The number of guanidine groups is 1. The summed E-state index contributed by atoms with van der Waals surface area (Å²) in [4.78, 5) is 7.95. The molecule has 0 aliphatic heterocycles. The lowest BCUT2D eigenvalue weighted by Gasteiger charge is -2.10. The SMILES string of the molecule is CCNC(=NCCSC)NCCc1nc(C(F)(F)F)cs1. The van der Waals surface area contributed by atoms with Gasteiger partial charge in [-0.05, 0) is 13.2 Å². The molecule has 2 N–H and O–H groups in total. The van der Waals surface area contributed by atoms with Crippen molar-refractivity contribution >= 4 is 29.1 Å². The van der Waals surface area contributed by atoms with E-state index in [1.807, 2.05) is 13.2 Å². The average molecular weight is 340 g/mol. The Bertz CT molecular complexity index is 446. The van der Waals surface area contributed by atoms with Gasteiger partial charge in [-0.1, -0.05) is 0 Å². The van der Waals surface area contributed by atoms with Crippen LogP contribution in [0.4, 0.5) is 13.2 Å². The van der Waals surface area contributed by atoms with Crippen molar-refractivity contribution in [2.75, 3.05) is 31.6 Å². The second kappa shape index (κ2) is 9.14. The molecule has 1 aromatic heterocycles. The summed E-state index contributed by atoms with van der Waals surface area (Å²) in [5, 5.41) is 7.70. The monoisotopic (exact) mass is 340 g/mol. The van der Waals surface area contributed by atoms with E-state index in [0.717, 1.165) is 29.0 Å². The standard InChI is InChI=1S/C12H19F3N4S2/c1-3-16-11(18-6-7-20-2)17-5-4-10-19-9(8-21-10)12(13,14)15/h8H,3-7H2,1-2H3,(H2,16,17,18). The van der Waals surface area contributed by atoms with Crippen LogP contribution in [0.5, 0.6) is 0 Å². The van der Waals surface area contributed by atoms with Crippen LogP contribution in [0, 0.1) is 0 Å². The van der Waals surface area contributed by atoms with Gasteiger partial charge in [-0.3, -0.25) is 4.99 Å². The predicted octanol–water partition coefficient (Wildman–Crippen LogP) is 2.62. The van der Waals surface area contributed by atoms with Gasteiger partial charge >= 0.3 is 6.18 Å². The maximum Gasteiger partial charge on any atom is 0.434 e. The number of nitrogens with one attached hydrogen (secondary N) is 2. The Labute approximate surface area is 130 Å². The van der Waals surface area contributed by atoms with Crippen molar-refractivity contribution in [3.05, 3.63) is 16.1 Å². The molecular formula is C12H19F3N4S2. The summed E-state index contributed by atoms with van der Waals surface area (Å²) in [5.74, 6) is 1.61. The molecule has 4 nitrogen and oxygen atoms in total.